The second-order valence-electron chi connectivity index (χ2n) is 6.42. The number of hydrogen-bond acceptors (Lipinski definition) is 5. The molecular formula is C15H19FN2O5. The van der Waals surface area contributed by atoms with Crippen LogP contribution in [0.25, 0.3) is 0 Å². The number of nitrogens with one attached hydrogen (secondary N) is 1. The summed E-state index contributed by atoms with van der Waals surface area (Å²) >= 11 is 0. The Labute approximate surface area is 132 Å². The van der Waals surface area contributed by atoms with Crippen LogP contribution in [-0.2, 0) is 4.74 Å². The fourth-order valence-corrected chi connectivity index (χ4v) is 2.17. The molecule has 0 unspecified atom stereocenters. The standard InChI is InChI=1S/C15H19FN2O5/c1-15(2,3)23-14(19)17-10-7-11(8-10)22-13-6-9(16)4-5-12(13)18(20)21/h4-6,10-11H,7-8H2,1-3H3,(H,17,19). The minimum absolute atomic E-state index is 0.101. The van der Waals surface area contributed by atoms with Crippen molar-refractivity contribution in [3.63, 3.8) is 0 Å². The van der Waals surface area contributed by atoms with Crippen LogP contribution in [-0.4, -0.2) is 28.8 Å². The molecule has 0 saturated heterocycles. The zero-order valence-electron chi connectivity index (χ0n) is 13.2. The molecule has 0 aliphatic heterocycles. The van der Waals surface area contributed by atoms with E-state index in [1.165, 1.54) is 0 Å². The topological polar surface area (TPSA) is 90.7 Å². The summed E-state index contributed by atoms with van der Waals surface area (Å²) in [6.07, 6.45) is 0.132. The predicted octanol–water partition coefficient (Wildman–Crippen LogP) is 3.17. The second-order valence-corrected chi connectivity index (χ2v) is 6.42. The maximum atomic E-state index is 13.2. The number of ether oxygens (including phenoxy) is 2. The summed E-state index contributed by atoms with van der Waals surface area (Å²) in [6, 6.07) is 2.95. The van der Waals surface area contributed by atoms with E-state index in [-0.39, 0.29) is 23.6 Å². The Morgan fingerprint density at radius 2 is 2.04 bits per heavy atom. The Kier molecular flexibility index (Phi) is 4.72. The number of benzene rings is 1. The lowest BCUT2D eigenvalue weighted by Gasteiger charge is -2.35. The van der Waals surface area contributed by atoms with Gasteiger partial charge in [-0.15, -0.1) is 0 Å². The lowest BCUT2D eigenvalue weighted by atomic mass is 9.89. The van der Waals surface area contributed by atoms with Crippen molar-refractivity contribution in [2.45, 2.75) is 51.4 Å². The molecule has 1 fully saturated rings. The first-order chi connectivity index (χ1) is 10.6. The normalized spacial score (nSPS) is 20.3. The van der Waals surface area contributed by atoms with Gasteiger partial charge in [0.05, 0.1) is 4.92 Å². The molecule has 1 saturated carbocycles. The largest absolute Gasteiger partial charge is 0.483 e. The van der Waals surface area contributed by atoms with Gasteiger partial charge in [-0.2, -0.15) is 0 Å². The molecule has 1 aliphatic carbocycles. The van der Waals surface area contributed by atoms with Crippen molar-refractivity contribution < 1.29 is 23.6 Å². The summed E-state index contributed by atoms with van der Waals surface area (Å²) in [5.74, 6) is -0.705. The van der Waals surface area contributed by atoms with Gasteiger partial charge in [0.2, 0.25) is 0 Å². The lowest BCUT2D eigenvalue weighted by Crippen LogP contribution is -2.50. The molecule has 7 nitrogen and oxygen atoms in total. The molecule has 1 aliphatic rings. The van der Waals surface area contributed by atoms with E-state index in [4.69, 9.17) is 9.47 Å². The number of amides is 1. The van der Waals surface area contributed by atoms with Crippen LogP contribution in [0.2, 0.25) is 0 Å². The van der Waals surface area contributed by atoms with E-state index in [1.54, 1.807) is 20.8 Å². The average molecular weight is 326 g/mol. The first-order valence-corrected chi connectivity index (χ1v) is 7.24. The summed E-state index contributed by atoms with van der Waals surface area (Å²) in [5.41, 5.74) is -0.860. The first kappa shape index (κ1) is 17.0. The van der Waals surface area contributed by atoms with E-state index in [0.717, 1.165) is 18.2 Å². The van der Waals surface area contributed by atoms with Crippen molar-refractivity contribution in [3.8, 4) is 5.75 Å². The van der Waals surface area contributed by atoms with Gasteiger partial charge >= 0.3 is 11.8 Å². The van der Waals surface area contributed by atoms with Crippen LogP contribution in [0, 0.1) is 15.9 Å². The number of hydrogen-bond donors (Lipinski definition) is 1. The van der Waals surface area contributed by atoms with Gasteiger partial charge in [-0.25, -0.2) is 9.18 Å². The number of carbonyl (C=O) groups excluding carboxylic acids is 1. The van der Waals surface area contributed by atoms with Crippen LogP contribution in [0.5, 0.6) is 5.75 Å². The van der Waals surface area contributed by atoms with Gasteiger partial charge in [0, 0.05) is 31.0 Å². The third kappa shape index (κ3) is 4.80. The minimum Gasteiger partial charge on any atom is -0.483 e. The number of carbonyl (C=O) groups is 1. The lowest BCUT2D eigenvalue weighted by molar-refractivity contribution is -0.386. The van der Waals surface area contributed by atoms with Crippen LogP contribution in [0.15, 0.2) is 18.2 Å². The summed E-state index contributed by atoms with van der Waals surface area (Å²) in [5, 5.41) is 13.6. The van der Waals surface area contributed by atoms with Gasteiger partial charge in [0.1, 0.15) is 17.5 Å². The van der Waals surface area contributed by atoms with Crippen LogP contribution in [0.3, 0.4) is 0 Å². The van der Waals surface area contributed by atoms with E-state index >= 15 is 0 Å². The Hall–Kier alpha value is -2.38. The fourth-order valence-electron chi connectivity index (χ4n) is 2.17. The molecule has 126 valence electrons. The molecule has 23 heavy (non-hydrogen) atoms. The Balaban J connectivity index is 1.86. The van der Waals surface area contributed by atoms with Gasteiger partial charge in [0.25, 0.3) is 0 Å². The highest BCUT2D eigenvalue weighted by molar-refractivity contribution is 5.68. The maximum absolute atomic E-state index is 13.2. The molecule has 1 N–H and O–H groups in total. The summed E-state index contributed by atoms with van der Waals surface area (Å²) in [7, 11) is 0. The van der Waals surface area contributed by atoms with E-state index < -0.39 is 22.4 Å². The molecular weight excluding hydrogens is 307 g/mol. The number of halogens is 1. The van der Waals surface area contributed by atoms with Crippen molar-refractivity contribution in [3.05, 3.63) is 34.1 Å². The summed E-state index contributed by atoms with van der Waals surface area (Å²) in [6.45, 7) is 5.30. The maximum Gasteiger partial charge on any atom is 0.407 e. The highest BCUT2D eigenvalue weighted by Gasteiger charge is 2.34. The molecule has 0 radical (unpaired) electrons. The predicted molar refractivity (Wildman–Crippen MR) is 79.9 cm³/mol. The molecule has 0 aromatic heterocycles. The third-order valence-corrected chi connectivity index (χ3v) is 3.23. The Morgan fingerprint density at radius 3 is 2.61 bits per heavy atom. The molecule has 0 heterocycles. The average Bonchev–Trinajstić information content (AvgIpc) is 2.33. The number of nitro benzene ring substituents is 1. The monoisotopic (exact) mass is 326 g/mol. The van der Waals surface area contributed by atoms with Crippen LogP contribution in [0.4, 0.5) is 14.9 Å². The first-order valence-electron chi connectivity index (χ1n) is 7.24. The third-order valence-electron chi connectivity index (χ3n) is 3.23. The number of alkyl carbamates (subject to hydrolysis) is 1. The van der Waals surface area contributed by atoms with Gasteiger partial charge in [-0.1, -0.05) is 0 Å². The SMILES string of the molecule is CC(C)(C)OC(=O)NC1CC(Oc2cc(F)ccc2[N+](=O)[O-])C1. The molecule has 0 atom stereocenters. The number of nitro groups is 1. The van der Waals surface area contributed by atoms with Gasteiger partial charge < -0.3 is 14.8 Å². The van der Waals surface area contributed by atoms with Crippen molar-refractivity contribution >= 4 is 11.8 Å². The molecule has 0 spiro atoms. The summed E-state index contributed by atoms with van der Waals surface area (Å²) < 4.78 is 23.8. The summed E-state index contributed by atoms with van der Waals surface area (Å²) in [4.78, 5) is 21.9. The zero-order chi connectivity index (χ0) is 17.2. The van der Waals surface area contributed by atoms with E-state index in [0.29, 0.717) is 12.8 Å². The van der Waals surface area contributed by atoms with Gasteiger partial charge in [0.15, 0.2) is 5.75 Å². The molecule has 1 amide bonds. The molecule has 8 heteroatoms. The molecule has 0 bridgehead atoms. The minimum atomic E-state index is -0.621. The number of nitrogens with zero attached hydrogens (tertiary/aromatic N) is 1. The fraction of sp³-hybridized carbons (Fsp3) is 0.533. The highest BCUT2D eigenvalue weighted by atomic mass is 19.1. The Bertz CT molecular complexity index is 608. The van der Waals surface area contributed by atoms with Crippen LogP contribution in [0.1, 0.15) is 33.6 Å². The van der Waals surface area contributed by atoms with Crippen molar-refractivity contribution in [2.24, 2.45) is 0 Å². The number of rotatable bonds is 4. The van der Waals surface area contributed by atoms with Gasteiger partial charge in [-0.05, 0) is 26.8 Å². The van der Waals surface area contributed by atoms with E-state index in [9.17, 15) is 19.3 Å². The smallest absolute Gasteiger partial charge is 0.407 e. The molecule has 1 aromatic rings. The van der Waals surface area contributed by atoms with E-state index in [2.05, 4.69) is 5.32 Å². The van der Waals surface area contributed by atoms with Crippen LogP contribution >= 0.6 is 0 Å². The quantitative estimate of drug-likeness (QED) is 0.678. The van der Waals surface area contributed by atoms with E-state index in [1.807, 2.05) is 0 Å². The van der Waals surface area contributed by atoms with Crippen molar-refractivity contribution in [1.82, 2.24) is 5.32 Å². The van der Waals surface area contributed by atoms with Crippen LogP contribution < -0.4 is 10.1 Å². The molecule has 2 rings (SSSR count). The van der Waals surface area contributed by atoms with Crippen molar-refractivity contribution in [2.75, 3.05) is 0 Å². The second kappa shape index (κ2) is 6.39. The van der Waals surface area contributed by atoms with Crippen molar-refractivity contribution in [1.29, 1.82) is 0 Å². The van der Waals surface area contributed by atoms with Gasteiger partial charge in [-0.3, -0.25) is 10.1 Å². The molecule has 1 aromatic carbocycles. The zero-order valence-corrected chi connectivity index (χ0v) is 13.2. The Morgan fingerprint density at radius 1 is 1.39 bits per heavy atom. The highest BCUT2D eigenvalue weighted by Crippen LogP contribution is 2.33.